The Morgan fingerprint density at radius 1 is 1.47 bits per heavy atom. The van der Waals surface area contributed by atoms with Crippen LogP contribution in [0.2, 0.25) is 0 Å². The Morgan fingerprint density at radius 3 is 2.71 bits per heavy atom. The standard InChI is InChI=1S/C10H16N2.C3H6O2/c1-2-7-12(6-1)8-4-10-3-5-11-9-10;1-2-5-3-4/h3,5,9,11H,1-2,4,6-8H2;3H,2H2,1H3. The Hall–Kier alpha value is -1.29. The summed E-state index contributed by atoms with van der Waals surface area (Å²) in [6.45, 7) is 6.52. The molecule has 2 heterocycles. The molecule has 17 heavy (non-hydrogen) atoms. The van der Waals surface area contributed by atoms with E-state index in [1.807, 2.05) is 6.20 Å². The van der Waals surface area contributed by atoms with Gasteiger partial charge in [0.05, 0.1) is 6.61 Å². The van der Waals surface area contributed by atoms with Crippen LogP contribution >= 0.6 is 0 Å². The van der Waals surface area contributed by atoms with Crippen LogP contribution in [0.5, 0.6) is 0 Å². The van der Waals surface area contributed by atoms with Gasteiger partial charge in [-0.15, -0.1) is 0 Å². The van der Waals surface area contributed by atoms with E-state index in [1.165, 1.54) is 44.5 Å². The van der Waals surface area contributed by atoms with Crippen LogP contribution < -0.4 is 0 Å². The largest absolute Gasteiger partial charge is 0.468 e. The molecule has 0 atom stereocenters. The third-order valence-corrected chi connectivity index (χ3v) is 2.81. The number of nitrogens with zero attached hydrogens (tertiary/aromatic N) is 1. The number of hydrogen-bond acceptors (Lipinski definition) is 3. The summed E-state index contributed by atoms with van der Waals surface area (Å²) in [7, 11) is 0. The van der Waals surface area contributed by atoms with Crippen molar-refractivity contribution in [3.63, 3.8) is 0 Å². The van der Waals surface area contributed by atoms with Crippen LogP contribution in [0.3, 0.4) is 0 Å². The molecule has 96 valence electrons. The maximum absolute atomic E-state index is 9.18. The third-order valence-electron chi connectivity index (χ3n) is 2.81. The zero-order chi connectivity index (χ0) is 12.3. The average molecular weight is 238 g/mol. The lowest BCUT2D eigenvalue weighted by atomic mass is 10.2. The summed E-state index contributed by atoms with van der Waals surface area (Å²) in [6.07, 6.45) is 8.08. The lowest BCUT2D eigenvalue weighted by Crippen LogP contribution is -2.21. The normalized spacial score (nSPS) is 15.1. The van der Waals surface area contributed by atoms with Gasteiger partial charge in [0, 0.05) is 18.9 Å². The molecule has 0 saturated carbocycles. The van der Waals surface area contributed by atoms with Crippen LogP contribution in [0.25, 0.3) is 0 Å². The van der Waals surface area contributed by atoms with Gasteiger partial charge in [0.25, 0.3) is 6.47 Å². The lowest BCUT2D eigenvalue weighted by Gasteiger charge is -2.12. The van der Waals surface area contributed by atoms with Gasteiger partial charge < -0.3 is 14.6 Å². The fourth-order valence-corrected chi connectivity index (χ4v) is 1.88. The van der Waals surface area contributed by atoms with E-state index in [0.717, 1.165) is 0 Å². The van der Waals surface area contributed by atoms with Crippen molar-refractivity contribution >= 4 is 6.47 Å². The molecule has 0 spiro atoms. The van der Waals surface area contributed by atoms with Crippen LogP contribution in [0.1, 0.15) is 25.3 Å². The maximum atomic E-state index is 9.18. The zero-order valence-corrected chi connectivity index (χ0v) is 10.5. The molecule has 1 aromatic rings. The van der Waals surface area contributed by atoms with E-state index in [-0.39, 0.29) is 0 Å². The molecule has 0 bridgehead atoms. The Bertz CT molecular complexity index is 280. The van der Waals surface area contributed by atoms with Crippen LogP contribution in [0.15, 0.2) is 18.5 Å². The minimum absolute atomic E-state index is 0.431. The summed E-state index contributed by atoms with van der Waals surface area (Å²) >= 11 is 0. The van der Waals surface area contributed by atoms with E-state index >= 15 is 0 Å². The Morgan fingerprint density at radius 2 is 2.24 bits per heavy atom. The molecule has 1 N–H and O–H groups in total. The highest BCUT2D eigenvalue weighted by atomic mass is 16.5. The summed E-state index contributed by atoms with van der Waals surface area (Å²) < 4.78 is 4.15. The van der Waals surface area contributed by atoms with Gasteiger partial charge in [-0.2, -0.15) is 0 Å². The van der Waals surface area contributed by atoms with Crippen molar-refractivity contribution in [2.75, 3.05) is 26.2 Å². The molecule has 0 unspecified atom stereocenters. The van der Waals surface area contributed by atoms with Crippen molar-refractivity contribution in [3.05, 3.63) is 24.0 Å². The van der Waals surface area contributed by atoms with Crippen molar-refractivity contribution in [1.82, 2.24) is 9.88 Å². The summed E-state index contributed by atoms with van der Waals surface area (Å²) in [5, 5.41) is 0. The number of ether oxygens (including phenoxy) is 1. The molecule has 4 heteroatoms. The molecule has 1 aliphatic rings. The molecular formula is C13H22N2O2. The van der Waals surface area contributed by atoms with Gasteiger partial charge in [0.2, 0.25) is 0 Å². The van der Waals surface area contributed by atoms with Gasteiger partial charge in [-0.3, -0.25) is 4.79 Å². The number of H-pyrrole nitrogens is 1. The monoisotopic (exact) mass is 238 g/mol. The second-order valence-electron chi connectivity index (χ2n) is 4.07. The molecule has 1 fully saturated rings. The van der Waals surface area contributed by atoms with E-state index in [1.54, 1.807) is 6.92 Å². The van der Waals surface area contributed by atoms with Crippen molar-refractivity contribution in [1.29, 1.82) is 0 Å². The first-order valence-electron chi connectivity index (χ1n) is 6.26. The average Bonchev–Trinajstić information content (AvgIpc) is 3.02. The first-order valence-corrected chi connectivity index (χ1v) is 6.26. The number of likely N-dealkylation sites (tertiary alicyclic amines) is 1. The van der Waals surface area contributed by atoms with E-state index in [4.69, 9.17) is 0 Å². The molecule has 0 aromatic carbocycles. The lowest BCUT2D eigenvalue weighted by molar-refractivity contribution is -0.128. The second kappa shape index (κ2) is 8.82. The van der Waals surface area contributed by atoms with Crippen molar-refractivity contribution in [3.8, 4) is 0 Å². The zero-order valence-electron chi connectivity index (χ0n) is 10.5. The SMILES string of the molecule is CCOC=O.c1cc(CCN2CCCC2)c[nH]1. The number of hydrogen-bond donors (Lipinski definition) is 1. The summed E-state index contributed by atoms with van der Waals surface area (Å²) in [5.74, 6) is 0. The number of carbonyl (C=O) groups excluding carboxylic acids is 1. The van der Waals surface area contributed by atoms with Crippen molar-refractivity contribution in [2.24, 2.45) is 0 Å². The molecule has 1 aliphatic heterocycles. The maximum Gasteiger partial charge on any atom is 0.293 e. The number of aromatic nitrogens is 1. The minimum atomic E-state index is 0.431. The van der Waals surface area contributed by atoms with Gasteiger partial charge in [-0.05, 0) is 50.9 Å². The van der Waals surface area contributed by atoms with Gasteiger partial charge >= 0.3 is 0 Å². The predicted molar refractivity (Wildman–Crippen MR) is 67.9 cm³/mol. The molecule has 0 radical (unpaired) electrons. The summed E-state index contributed by atoms with van der Waals surface area (Å²) in [6, 6.07) is 2.16. The molecule has 1 aromatic heterocycles. The van der Waals surface area contributed by atoms with Crippen molar-refractivity contribution in [2.45, 2.75) is 26.2 Å². The molecule has 2 rings (SSSR count). The first kappa shape index (κ1) is 13.8. The van der Waals surface area contributed by atoms with Gasteiger partial charge in [-0.1, -0.05) is 0 Å². The quantitative estimate of drug-likeness (QED) is 0.796. The Labute approximate surface area is 103 Å². The topological polar surface area (TPSA) is 45.3 Å². The van der Waals surface area contributed by atoms with E-state index < -0.39 is 0 Å². The minimum Gasteiger partial charge on any atom is -0.468 e. The van der Waals surface area contributed by atoms with Gasteiger partial charge in [-0.25, -0.2) is 0 Å². The molecule has 4 nitrogen and oxygen atoms in total. The van der Waals surface area contributed by atoms with Crippen LogP contribution in [0.4, 0.5) is 0 Å². The number of nitrogens with one attached hydrogen (secondary N) is 1. The van der Waals surface area contributed by atoms with E-state index in [9.17, 15) is 4.79 Å². The van der Waals surface area contributed by atoms with Crippen LogP contribution in [0, 0.1) is 0 Å². The fraction of sp³-hybridized carbons (Fsp3) is 0.615. The van der Waals surface area contributed by atoms with Crippen LogP contribution in [-0.4, -0.2) is 42.6 Å². The van der Waals surface area contributed by atoms with Crippen LogP contribution in [-0.2, 0) is 16.0 Å². The van der Waals surface area contributed by atoms with Gasteiger partial charge in [0.1, 0.15) is 0 Å². The van der Waals surface area contributed by atoms with E-state index in [2.05, 4.69) is 26.9 Å². The highest BCUT2D eigenvalue weighted by molar-refractivity contribution is 5.36. The summed E-state index contributed by atoms with van der Waals surface area (Å²) in [4.78, 5) is 14.8. The number of aromatic amines is 1. The molecule has 0 amide bonds. The number of rotatable bonds is 5. The second-order valence-corrected chi connectivity index (χ2v) is 4.07. The predicted octanol–water partition coefficient (Wildman–Crippen LogP) is 1.83. The Kier molecular flexibility index (Phi) is 7.14. The highest BCUT2D eigenvalue weighted by Gasteiger charge is 2.10. The van der Waals surface area contributed by atoms with Crippen molar-refractivity contribution < 1.29 is 9.53 Å². The molecule has 1 saturated heterocycles. The molecular weight excluding hydrogens is 216 g/mol. The van der Waals surface area contributed by atoms with Gasteiger partial charge in [0.15, 0.2) is 0 Å². The third kappa shape index (κ3) is 6.12. The Balaban J connectivity index is 0.000000249. The highest BCUT2D eigenvalue weighted by Crippen LogP contribution is 2.08. The first-order chi connectivity index (χ1) is 8.36. The van der Waals surface area contributed by atoms with E-state index in [0.29, 0.717) is 13.1 Å². The fourth-order valence-electron chi connectivity index (χ4n) is 1.88. The molecule has 0 aliphatic carbocycles. The number of carbonyl (C=O) groups is 1. The smallest absolute Gasteiger partial charge is 0.293 e. The summed E-state index contributed by atoms with van der Waals surface area (Å²) in [5.41, 5.74) is 1.43.